The standard InChI is InChI=1S/C14H18ClN3O2S/c1-21-10-3-4-12(15)11(9-10)13(19)17-5-2-6-18(8-7-17)14(16)20/h3-4,9H,2,5-8H2,1H3,(H2,16,20). The molecule has 0 spiro atoms. The molecule has 0 bridgehead atoms. The molecule has 3 amide bonds. The smallest absolute Gasteiger partial charge is 0.314 e. The third-order valence-corrected chi connectivity index (χ3v) is 4.55. The minimum atomic E-state index is -0.438. The third-order valence-electron chi connectivity index (χ3n) is 3.50. The molecular formula is C14H18ClN3O2S. The van der Waals surface area contributed by atoms with Crippen LogP contribution in [0.3, 0.4) is 0 Å². The van der Waals surface area contributed by atoms with Crippen LogP contribution in [-0.4, -0.2) is 54.2 Å². The van der Waals surface area contributed by atoms with E-state index in [4.69, 9.17) is 17.3 Å². The normalized spacial score (nSPS) is 15.7. The third kappa shape index (κ3) is 3.83. The van der Waals surface area contributed by atoms with Gasteiger partial charge in [-0.2, -0.15) is 0 Å². The van der Waals surface area contributed by atoms with Crippen LogP contribution in [0.1, 0.15) is 16.8 Å². The summed E-state index contributed by atoms with van der Waals surface area (Å²) >= 11 is 7.71. The number of amides is 3. The van der Waals surface area contributed by atoms with Crippen molar-refractivity contribution in [3.63, 3.8) is 0 Å². The molecule has 1 aliphatic rings. The number of thioether (sulfide) groups is 1. The molecule has 5 nitrogen and oxygen atoms in total. The van der Waals surface area contributed by atoms with Crippen LogP contribution in [0.4, 0.5) is 4.79 Å². The van der Waals surface area contributed by atoms with Crippen molar-refractivity contribution in [2.75, 3.05) is 32.4 Å². The van der Waals surface area contributed by atoms with Crippen LogP contribution in [0.2, 0.25) is 5.02 Å². The summed E-state index contributed by atoms with van der Waals surface area (Å²) in [4.78, 5) is 28.1. The molecule has 1 heterocycles. The maximum atomic E-state index is 12.6. The first-order chi connectivity index (χ1) is 10.0. The second kappa shape index (κ2) is 7.04. The zero-order chi connectivity index (χ0) is 15.4. The second-order valence-corrected chi connectivity index (χ2v) is 6.10. The molecule has 1 saturated heterocycles. The van der Waals surface area contributed by atoms with E-state index in [9.17, 15) is 9.59 Å². The number of hydrogen-bond acceptors (Lipinski definition) is 3. The quantitative estimate of drug-likeness (QED) is 0.847. The first kappa shape index (κ1) is 16.0. The molecule has 0 atom stereocenters. The van der Waals surface area contributed by atoms with Crippen molar-refractivity contribution in [3.05, 3.63) is 28.8 Å². The molecule has 1 aliphatic heterocycles. The van der Waals surface area contributed by atoms with Crippen LogP contribution in [0.5, 0.6) is 0 Å². The van der Waals surface area contributed by atoms with Crippen LogP contribution >= 0.6 is 23.4 Å². The molecule has 0 aromatic heterocycles. The lowest BCUT2D eigenvalue weighted by molar-refractivity contribution is 0.0762. The maximum Gasteiger partial charge on any atom is 0.314 e. The van der Waals surface area contributed by atoms with Gasteiger partial charge < -0.3 is 15.5 Å². The number of rotatable bonds is 2. The Labute approximate surface area is 133 Å². The lowest BCUT2D eigenvalue weighted by Crippen LogP contribution is -2.39. The Balaban J connectivity index is 2.14. The maximum absolute atomic E-state index is 12.6. The van der Waals surface area contributed by atoms with Crippen molar-refractivity contribution in [3.8, 4) is 0 Å². The highest BCUT2D eigenvalue weighted by atomic mass is 35.5. The van der Waals surface area contributed by atoms with E-state index in [0.717, 1.165) is 4.90 Å². The Hall–Kier alpha value is -1.40. The number of hydrogen-bond donors (Lipinski definition) is 1. The number of urea groups is 1. The number of benzene rings is 1. The van der Waals surface area contributed by atoms with E-state index < -0.39 is 6.03 Å². The Kier molecular flexibility index (Phi) is 5.36. The molecule has 1 aromatic rings. The van der Waals surface area contributed by atoms with Crippen molar-refractivity contribution in [1.82, 2.24) is 9.80 Å². The van der Waals surface area contributed by atoms with E-state index in [0.29, 0.717) is 43.2 Å². The minimum Gasteiger partial charge on any atom is -0.351 e. The molecule has 2 N–H and O–H groups in total. The summed E-state index contributed by atoms with van der Waals surface area (Å²) in [7, 11) is 0. The molecule has 2 rings (SSSR count). The van der Waals surface area contributed by atoms with Crippen LogP contribution in [0.25, 0.3) is 0 Å². The fourth-order valence-electron chi connectivity index (χ4n) is 2.31. The van der Waals surface area contributed by atoms with Crippen molar-refractivity contribution >= 4 is 35.3 Å². The van der Waals surface area contributed by atoms with E-state index in [2.05, 4.69) is 0 Å². The van der Waals surface area contributed by atoms with E-state index in [1.807, 2.05) is 18.4 Å². The zero-order valence-corrected chi connectivity index (χ0v) is 13.4. The minimum absolute atomic E-state index is 0.0952. The topological polar surface area (TPSA) is 66.6 Å². The van der Waals surface area contributed by atoms with Gasteiger partial charge in [-0.15, -0.1) is 11.8 Å². The van der Waals surface area contributed by atoms with Crippen molar-refractivity contribution < 1.29 is 9.59 Å². The summed E-state index contributed by atoms with van der Waals surface area (Å²) in [6.45, 7) is 2.11. The fourth-order valence-corrected chi connectivity index (χ4v) is 2.94. The molecule has 0 unspecified atom stereocenters. The average molecular weight is 328 g/mol. The number of nitrogens with two attached hydrogens (primary N) is 1. The Morgan fingerprint density at radius 1 is 1.19 bits per heavy atom. The number of nitrogens with zero attached hydrogens (tertiary/aromatic N) is 2. The van der Waals surface area contributed by atoms with Crippen molar-refractivity contribution in [2.45, 2.75) is 11.3 Å². The number of halogens is 1. The molecule has 1 fully saturated rings. The highest BCUT2D eigenvalue weighted by Crippen LogP contribution is 2.24. The number of carbonyl (C=O) groups is 2. The Bertz CT molecular complexity index is 553. The first-order valence-corrected chi connectivity index (χ1v) is 8.30. The molecule has 0 radical (unpaired) electrons. The van der Waals surface area contributed by atoms with Crippen molar-refractivity contribution in [2.24, 2.45) is 5.73 Å². The highest BCUT2D eigenvalue weighted by Gasteiger charge is 2.23. The van der Waals surface area contributed by atoms with Crippen molar-refractivity contribution in [1.29, 1.82) is 0 Å². The van der Waals surface area contributed by atoms with Gasteiger partial charge in [0.2, 0.25) is 0 Å². The van der Waals surface area contributed by atoms with Gasteiger partial charge in [-0.25, -0.2) is 4.79 Å². The molecule has 7 heteroatoms. The SMILES string of the molecule is CSc1ccc(Cl)c(C(=O)N2CCCN(C(N)=O)CC2)c1. The Morgan fingerprint density at radius 3 is 2.52 bits per heavy atom. The molecule has 21 heavy (non-hydrogen) atoms. The Morgan fingerprint density at radius 2 is 1.86 bits per heavy atom. The predicted octanol–water partition coefficient (Wildman–Crippen LogP) is 2.29. The summed E-state index contributed by atoms with van der Waals surface area (Å²) in [5.74, 6) is -0.0952. The fraction of sp³-hybridized carbons (Fsp3) is 0.429. The van der Waals surface area contributed by atoms with E-state index in [-0.39, 0.29) is 5.91 Å². The van der Waals surface area contributed by atoms with Gasteiger partial charge in [0, 0.05) is 31.1 Å². The average Bonchev–Trinajstić information content (AvgIpc) is 2.73. The van der Waals surface area contributed by atoms with Gasteiger partial charge in [0.15, 0.2) is 0 Å². The number of carbonyl (C=O) groups excluding carboxylic acids is 2. The van der Waals surface area contributed by atoms with Gasteiger partial charge in [-0.3, -0.25) is 4.79 Å². The van der Waals surface area contributed by atoms with Gasteiger partial charge in [0.1, 0.15) is 0 Å². The molecule has 114 valence electrons. The zero-order valence-electron chi connectivity index (χ0n) is 11.8. The molecule has 1 aromatic carbocycles. The largest absolute Gasteiger partial charge is 0.351 e. The summed E-state index contributed by atoms with van der Waals surface area (Å²) < 4.78 is 0. The second-order valence-electron chi connectivity index (χ2n) is 4.82. The van der Waals surface area contributed by atoms with Gasteiger partial charge in [-0.05, 0) is 30.9 Å². The van der Waals surface area contributed by atoms with Gasteiger partial charge >= 0.3 is 6.03 Å². The van der Waals surface area contributed by atoms with Crippen LogP contribution in [0, 0.1) is 0 Å². The van der Waals surface area contributed by atoms with Crippen LogP contribution in [0.15, 0.2) is 23.1 Å². The number of primary amides is 1. The van der Waals surface area contributed by atoms with E-state index in [1.54, 1.807) is 27.6 Å². The van der Waals surface area contributed by atoms with Gasteiger partial charge in [-0.1, -0.05) is 11.6 Å². The molecular weight excluding hydrogens is 310 g/mol. The summed E-state index contributed by atoms with van der Waals surface area (Å²) in [5.41, 5.74) is 5.80. The van der Waals surface area contributed by atoms with Gasteiger partial charge in [0.25, 0.3) is 5.91 Å². The van der Waals surface area contributed by atoms with Crippen LogP contribution in [-0.2, 0) is 0 Å². The summed E-state index contributed by atoms with van der Waals surface area (Å²) in [6, 6.07) is 5.01. The first-order valence-electron chi connectivity index (χ1n) is 6.70. The molecule has 0 saturated carbocycles. The van der Waals surface area contributed by atoms with E-state index >= 15 is 0 Å². The predicted molar refractivity (Wildman–Crippen MR) is 84.9 cm³/mol. The monoisotopic (exact) mass is 327 g/mol. The molecule has 0 aliphatic carbocycles. The van der Waals surface area contributed by atoms with Gasteiger partial charge in [0.05, 0.1) is 10.6 Å². The van der Waals surface area contributed by atoms with Crippen LogP contribution < -0.4 is 5.73 Å². The van der Waals surface area contributed by atoms with E-state index in [1.165, 1.54) is 0 Å². The lowest BCUT2D eigenvalue weighted by atomic mass is 10.2. The highest BCUT2D eigenvalue weighted by molar-refractivity contribution is 7.98. The summed E-state index contributed by atoms with van der Waals surface area (Å²) in [6.07, 6.45) is 2.67. The lowest BCUT2D eigenvalue weighted by Gasteiger charge is -2.22. The summed E-state index contributed by atoms with van der Waals surface area (Å²) in [5, 5.41) is 0.453.